The Morgan fingerprint density at radius 2 is 2.43 bits per heavy atom. The highest BCUT2D eigenvalue weighted by atomic mass is 79.9. The topological polar surface area (TPSA) is 12.0 Å². The predicted molar refractivity (Wildman–Crippen MR) is 65.7 cm³/mol. The minimum atomic E-state index is 0.668. The molecule has 0 bridgehead atoms. The van der Waals surface area contributed by atoms with Gasteiger partial charge in [-0.25, -0.2) is 0 Å². The van der Waals surface area contributed by atoms with Gasteiger partial charge in [0.1, 0.15) is 0 Å². The van der Waals surface area contributed by atoms with Crippen molar-refractivity contribution >= 4 is 27.3 Å². The second-order valence-electron chi connectivity index (χ2n) is 4.22. The summed E-state index contributed by atoms with van der Waals surface area (Å²) in [5.74, 6) is 1.02. The van der Waals surface area contributed by atoms with Crippen molar-refractivity contribution < 1.29 is 0 Å². The summed E-state index contributed by atoms with van der Waals surface area (Å²) in [6.07, 6.45) is 4.26. The lowest BCUT2D eigenvalue weighted by Gasteiger charge is -2.12. The number of halogens is 1. The fourth-order valence-corrected chi connectivity index (χ4v) is 2.88. The average molecular weight is 274 g/mol. The molecule has 2 rings (SSSR count). The van der Waals surface area contributed by atoms with Gasteiger partial charge < -0.3 is 5.32 Å². The first-order chi connectivity index (χ1) is 6.74. The molecule has 1 fully saturated rings. The van der Waals surface area contributed by atoms with Crippen LogP contribution in [-0.2, 0) is 6.54 Å². The molecule has 1 atom stereocenters. The Kier molecular flexibility index (Phi) is 3.63. The summed E-state index contributed by atoms with van der Waals surface area (Å²) in [7, 11) is 0. The van der Waals surface area contributed by atoms with Gasteiger partial charge in [0.25, 0.3) is 0 Å². The van der Waals surface area contributed by atoms with Crippen molar-refractivity contribution in [3.8, 4) is 0 Å². The molecule has 1 unspecified atom stereocenters. The van der Waals surface area contributed by atoms with E-state index in [2.05, 4.69) is 39.6 Å². The standard InChI is InChI=1S/C11H16BrNS/c1-8(4-9-2-3-9)13-6-10-5-11(12)14-7-10/h5,7-9,13H,2-4,6H2,1H3. The zero-order valence-corrected chi connectivity index (χ0v) is 10.8. The number of hydrogen-bond acceptors (Lipinski definition) is 2. The SMILES string of the molecule is CC(CC1CC1)NCc1csc(Br)c1. The quantitative estimate of drug-likeness (QED) is 0.861. The van der Waals surface area contributed by atoms with Gasteiger partial charge >= 0.3 is 0 Å². The third kappa shape index (κ3) is 3.37. The maximum Gasteiger partial charge on any atom is 0.0701 e. The molecule has 0 amide bonds. The lowest BCUT2D eigenvalue weighted by Crippen LogP contribution is -2.25. The number of thiophene rings is 1. The van der Waals surface area contributed by atoms with Gasteiger partial charge in [0.05, 0.1) is 3.79 Å². The van der Waals surface area contributed by atoms with Crippen LogP contribution in [0.2, 0.25) is 0 Å². The fraction of sp³-hybridized carbons (Fsp3) is 0.636. The summed E-state index contributed by atoms with van der Waals surface area (Å²) in [5, 5.41) is 5.78. The first-order valence-electron chi connectivity index (χ1n) is 5.20. The van der Waals surface area contributed by atoms with Crippen LogP contribution in [0.25, 0.3) is 0 Å². The minimum absolute atomic E-state index is 0.668. The van der Waals surface area contributed by atoms with Gasteiger partial charge in [0.2, 0.25) is 0 Å². The van der Waals surface area contributed by atoms with E-state index in [1.807, 2.05) is 0 Å². The average Bonchev–Trinajstić information content (AvgIpc) is 2.85. The van der Waals surface area contributed by atoms with Gasteiger partial charge in [-0.1, -0.05) is 12.8 Å². The van der Waals surface area contributed by atoms with E-state index in [1.54, 1.807) is 11.3 Å². The molecule has 0 aromatic carbocycles. The minimum Gasteiger partial charge on any atom is -0.310 e. The molecule has 1 nitrogen and oxygen atoms in total. The van der Waals surface area contributed by atoms with Crippen molar-refractivity contribution in [3.05, 3.63) is 20.8 Å². The van der Waals surface area contributed by atoms with Crippen LogP contribution in [-0.4, -0.2) is 6.04 Å². The highest BCUT2D eigenvalue weighted by molar-refractivity contribution is 9.11. The van der Waals surface area contributed by atoms with E-state index in [-0.39, 0.29) is 0 Å². The van der Waals surface area contributed by atoms with Crippen LogP contribution < -0.4 is 5.32 Å². The van der Waals surface area contributed by atoms with E-state index in [0.29, 0.717) is 6.04 Å². The van der Waals surface area contributed by atoms with Gasteiger partial charge in [-0.15, -0.1) is 11.3 Å². The highest BCUT2D eigenvalue weighted by Crippen LogP contribution is 2.33. The van der Waals surface area contributed by atoms with E-state index in [0.717, 1.165) is 12.5 Å². The van der Waals surface area contributed by atoms with E-state index in [4.69, 9.17) is 0 Å². The zero-order valence-electron chi connectivity index (χ0n) is 8.42. The molecular weight excluding hydrogens is 258 g/mol. The second-order valence-corrected chi connectivity index (χ2v) is 6.51. The Bertz CT molecular complexity index is 293. The molecule has 1 aromatic heterocycles. The van der Waals surface area contributed by atoms with Crippen LogP contribution in [0.15, 0.2) is 15.2 Å². The fourth-order valence-electron chi connectivity index (χ4n) is 1.67. The third-order valence-electron chi connectivity index (χ3n) is 2.66. The molecule has 0 saturated heterocycles. The van der Waals surface area contributed by atoms with Crippen molar-refractivity contribution in [1.29, 1.82) is 0 Å². The summed E-state index contributed by atoms with van der Waals surface area (Å²) in [6, 6.07) is 2.86. The van der Waals surface area contributed by atoms with Gasteiger partial charge in [0, 0.05) is 12.6 Å². The Morgan fingerprint density at radius 1 is 1.64 bits per heavy atom. The van der Waals surface area contributed by atoms with Gasteiger partial charge in [-0.05, 0) is 52.2 Å². The van der Waals surface area contributed by atoms with E-state index >= 15 is 0 Å². The third-order valence-corrected chi connectivity index (χ3v) is 4.21. The number of nitrogens with one attached hydrogen (secondary N) is 1. The lowest BCUT2D eigenvalue weighted by molar-refractivity contribution is 0.488. The van der Waals surface area contributed by atoms with Crippen LogP contribution in [0, 0.1) is 5.92 Å². The van der Waals surface area contributed by atoms with Crippen molar-refractivity contribution in [1.82, 2.24) is 5.32 Å². The van der Waals surface area contributed by atoms with Crippen LogP contribution in [0.5, 0.6) is 0 Å². The van der Waals surface area contributed by atoms with Crippen molar-refractivity contribution in [2.24, 2.45) is 5.92 Å². The summed E-state index contributed by atoms with van der Waals surface area (Å²) >= 11 is 5.24. The van der Waals surface area contributed by atoms with E-state index in [9.17, 15) is 0 Å². The van der Waals surface area contributed by atoms with Crippen molar-refractivity contribution in [2.75, 3.05) is 0 Å². The normalized spacial score (nSPS) is 18.4. The van der Waals surface area contributed by atoms with Gasteiger partial charge in [0.15, 0.2) is 0 Å². The summed E-state index contributed by atoms with van der Waals surface area (Å²) in [5.41, 5.74) is 1.39. The first-order valence-corrected chi connectivity index (χ1v) is 6.87. The maximum atomic E-state index is 3.57. The molecule has 1 saturated carbocycles. The number of hydrogen-bond donors (Lipinski definition) is 1. The second kappa shape index (κ2) is 4.77. The lowest BCUT2D eigenvalue weighted by atomic mass is 10.1. The molecule has 1 N–H and O–H groups in total. The van der Waals surface area contributed by atoms with E-state index in [1.165, 1.54) is 28.6 Å². The largest absolute Gasteiger partial charge is 0.310 e. The molecule has 14 heavy (non-hydrogen) atoms. The van der Waals surface area contributed by atoms with E-state index < -0.39 is 0 Å². The van der Waals surface area contributed by atoms with Gasteiger partial charge in [-0.2, -0.15) is 0 Å². The Labute approximate surface area is 98.0 Å². The highest BCUT2D eigenvalue weighted by Gasteiger charge is 2.23. The summed E-state index contributed by atoms with van der Waals surface area (Å²) in [4.78, 5) is 0. The Morgan fingerprint density at radius 3 is 3.00 bits per heavy atom. The molecule has 1 aliphatic carbocycles. The van der Waals surface area contributed by atoms with Gasteiger partial charge in [-0.3, -0.25) is 0 Å². The predicted octanol–water partition coefficient (Wildman–Crippen LogP) is 3.79. The molecule has 3 heteroatoms. The molecule has 78 valence electrons. The van der Waals surface area contributed by atoms with Crippen molar-refractivity contribution in [2.45, 2.75) is 38.8 Å². The van der Waals surface area contributed by atoms with Crippen LogP contribution in [0.1, 0.15) is 31.7 Å². The van der Waals surface area contributed by atoms with Crippen LogP contribution >= 0.6 is 27.3 Å². The molecule has 1 aromatic rings. The first kappa shape index (κ1) is 10.7. The Hall–Kier alpha value is 0.140. The molecule has 1 heterocycles. The molecule has 0 aliphatic heterocycles. The molecular formula is C11H16BrNS. The molecule has 0 radical (unpaired) electrons. The summed E-state index contributed by atoms with van der Waals surface area (Å²) in [6.45, 7) is 3.30. The Balaban J connectivity index is 1.70. The monoisotopic (exact) mass is 273 g/mol. The van der Waals surface area contributed by atoms with Crippen LogP contribution in [0.4, 0.5) is 0 Å². The molecule has 1 aliphatic rings. The number of rotatable bonds is 5. The zero-order chi connectivity index (χ0) is 9.97. The van der Waals surface area contributed by atoms with Crippen LogP contribution in [0.3, 0.4) is 0 Å². The van der Waals surface area contributed by atoms with Crippen molar-refractivity contribution in [3.63, 3.8) is 0 Å². The maximum absolute atomic E-state index is 3.57. The smallest absolute Gasteiger partial charge is 0.0701 e. The molecule has 0 spiro atoms. The summed E-state index contributed by atoms with van der Waals surface area (Å²) < 4.78 is 1.23.